The van der Waals surface area contributed by atoms with Crippen LogP contribution in [0.4, 0.5) is 0 Å². The lowest BCUT2D eigenvalue weighted by molar-refractivity contribution is 0.794. The van der Waals surface area contributed by atoms with E-state index in [-0.39, 0.29) is 0 Å². The molecule has 6 nitrogen and oxygen atoms in total. The number of thiophene rings is 2. The number of hydrogen-bond donors (Lipinski definition) is 0. The lowest BCUT2D eigenvalue weighted by Crippen LogP contribution is -2.01. The zero-order valence-corrected chi connectivity index (χ0v) is 27.2. The summed E-state index contributed by atoms with van der Waals surface area (Å²) < 4.78 is 3.80. The van der Waals surface area contributed by atoms with E-state index in [9.17, 15) is 0 Å². The van der Waals surface area contributed by atoms with Gasteiger partial charge in [-0.1, -0.05) is 28.6 Å². The Morgan fingerprint density at radius 2 is 0.909 bits per heavy atom. The van der Waals surface area contributed by atoms with Crippen LogP contribution in [0.2, 0.25) is 0 Å². The van der Waals surface area contributed by atoms with Crippen LogP contribution in [-0.4, -0.2) is 30.0 Å². The number of rotatable bonds is 6. The first-order chi connectivity index (χ1) is 21.3. The number of nitrogens with zero attached hydrogens (tertiary/aromatic N) is 6. The topological polar surface area (TPSA) is 61.4 Å². The van der Waals surface area contributed by atoms with Crippen molar-refractivity contribution in [2.24, 2.45) is 0 Å². The second kappa shape index (κ2) is 11.1. The molecule has 0 bridgehead atoms. The number of benzene rings is 3. The molecule has 0 atom stereocenters. The summed E-state index contributed by atoms with van der Waals surface area (Å²) in [6, 6.07) is 21.8. The van der Waals surface area contributed by atoms with E-state index in [1.807, 2.05) is 21.8 Å². The van der Waals surface area contributed by atoms with Gasteiger partial charge in [0.2, 0.25) is 0 Å². The molecule has 218 valence electrons. The number of hydrogen-bond acceptors (Lipinski definition) is 6. The van der Waals surface area contributed by atoms with E-state index in [4.69, 9.17) is 0 Å². The molecule has 0 N–H and O–H groups in total. The molecule has 0 aliphatic heterocycles. The van der Waals surface area contributed by atoms with Crippen LogP contribution in [0.15, 0.2) is 83.8 Å². The zero-order valence-electron chi connectivity index (χ0n) is 25.6. The van der Waals surface area contributed by atoms with E-state index >= 15 is 0 Å². The van der Waals surface area contributed by atoms with Crippen LogP contribution in [0.25, 0.3) is 54.8 Å². The molecule has 44 heavy (non-hydrogen) atoms. The molecule has 0 fully saturated rings. The Bertz CT molecular complexity index is 1940. The summed E-state index contributed by atoms with van der Waals surface area (Å²) in [4.78, 5) is 2.53. The van der Waals surface area contributed by atoms with Crippen LogP contribution in [0, 0.1) is 41.5 Å². The highest BCUT2D eigenvalue weighted by atomic mass is 32.1. The monoisotopic (exact) mass is 612 g/mol. The molecule has 4 aromatic heterocycles. The fourth-order valence-electron chi connectivity index (χ4n) is 6.20. The zero-order chi connectivity index (χ0) is 30.5. The summed E-state index contributed by atoms with van der Waals surface area (Å²) in [7, 11) is 0. The number of aromatic nitrogens is 6. The van der Waals surface area contributed by atoms with Gasteiger partial charge in [0.25, 0.3) is 0 Å². The van der Waals surface area contributed by atoms with E-state index < -0.39 is 0 Å². The van der Waals surface area contributed by atoms with Crippen LogP contribution >= 0.6 is 22.7 Å². The van der Waals surface area contributed by atoms with Gasteiger partial charge in [-0.05, 0) is 139 Å². The Hall–Kier alpha value is -4.66. The molecule has 0 amide bonds. The fourth-order valence-corrected chi connectivity index (χ4v) is 7.63. The SMILES string of the molecule is Cc1cc(C)c(-c2cn(-c3c(C)cc(-c4cccs4)cc3C)nn2)cc1-c1cn(-c2c(C)cc(-c3cccs3)cc2C)nn1. The second-order valence-electron chi connectivity index (χ2n) is 11.5. The van der Waals surface area contributed by atoms with Crippen molar-refractivity contribution in [3.63, 3.8) is 0 Å². The maximum absolute atomic E-state index is 4.62. The van der Waals surface area contributed by atoms with Gasteiger partial charge in [0, 0.05) is 20.9 Å². The quantitative estimate of drug-likeness (QED) is 0.188. The molecule has 0 radical (unpaired) electrons. The molecule has 3 aromatic carbocycles. The average molecular weight is 613 g/mol. The van der Waals surface area contributed by atoms with Gasteiger partial charge in [-0.3, -0.25) is 0 Å². The van der Waals surface area contributed by atoms with Gasteiger partial charge in [-0.2, -0.15) is 0 Å². The summed E-state index contributed by atoms with van der Waals surface area (Å²) in [6.07, 6.45) is 4.06. The third-order valence-corrected chi connectivity index (χ3v) is 10.00. The minimum atomic E-state index is 0.827. The highest BCUT2D eigenvalue weighted by molar-refractivity contribution is 7.13. The van der Waals surface area contributed by atoms with Crippen molar-refractivity contribution >= 4 is 22.7 Å². The van der Waals surface area contributed by atoms with E-state index in [0.29, 0.717) is 0 Å². The molecule has 0 aliphatic rings. The average Bonchev–Trinajstić information content (AvgIpc) is 3.80. The van der Waals surface area contributed by atoms with E-state index in [1.165, 1.54) is 20.9 Å². The molecular weight excluding hydrogens is 581 g/mol. The van der Waals surface area contributed by atoms with E-state index in [2.05, 4.69) is 134 Å². The van der Waals surface area contributed by atoms with Crippen molar-refractivity contribution < 1.29 is 0 Å². The first-order valence-corrected chi connectivity index (χ1v) is 16.3. The Morgan fingerprint density at radius 1 is 0.500 bits per heavy atom. The van der Waals surface area contributed by atoms with E-state index in [1.54, 1.807) is 22.7 Å². The van der Waals surface area contributed by atoms with Gasteiger partial charge in [0.05, 0.1) is 23.8 Å². The molecule has 0 aliphatic carbocycles. The van der Waals surface area contributed by atoms with Crippen molar-refractivity contribution in [1.29, 1.82) is 0 Å². The van der Waals surface area contributed by atoms with Crippen molar-refractivity contribution in [2.75, 3.05) is 0 Å². The van der Waals surface area contributed by atoms with Gasteiger partial charge in [0.15, 0.2) is 0 Å². The number of aryl methyl sites for hydroxylation is 6. The normalized spacial score (nSPS) is 11.4. The Balaban J connectivity index is 1.23. The van der Waals surface area contributed by atoms with Gasteiger partial charge in [0.1, 0.15) is 11.4 Å². The molecule has 0 saturated heterocycles. The summed E-state index contributed by atoms with van der Waals surface area (Å²) >= 11 is 3.51. The minimum absolute atomic E-state index is 0.827. The highest BCUT2D eigenvalue weighted by Crippen LogP contribution is 2.34. The summed E-state index contributed by atoms with van der Waals surface area (Å²) in [5, 5.41) is 22.6. The van der Waals surface area contributed by atoms with Crippen molar-refractivity contribution in [3.8, 4) is 54.8 Å². The smallest absolute Gasteiger partial charge is 0.113 e. The molecule has 7 aromatic rings. The first-order valence-electron chi connectivity index (χ1n) is 14.5. The van der Waals surface area contributed by atoms with Gasteiger partial charge in [-0.15, -0.1) is 32.9 Å². The lowest BCUT2D eigenvalue weighted by atomic mass is 9.96. The summed E-state index contributed by atoms with van der Waals surface area (Å²) in [6.45, 7) is 12.8. The Kier molecular flexibility index (Phi) is 7.11. The minimum Gasteiger partial charge on any atom is -0.220 e. The van der Waals surface area contributed by atoms with Crippen molar-refractivity contribution in [3.05, 3.63) is 117 Å². The molecule has 7 rings (SSSR count). The maximum Gasteiger partial charge on any atom is 0.113 e. The van der Waals surface area contributed by atoms with Gasteiger partial charge < -0.3 is 0 Å². The molecule has 0 unspecified atom stereocenters. The predicted molar refractivity (Wildman–Crippen MR) is 182 cm³/mol. The summed E-state index contributed by atoms with van der Waals surface area (Å²) in [5.41, 5.74) is 15.2. The molecule has 8 heteroatoms. The van der Waals surface area contributed by atoms with Crippen LogP contribution in [0.1, 0.15) is 33.4 Å². The van der Waals surface area contributed by atoms with Crippen LogP contribution in [0.3, 0.4) is 0 Å². The maximum atomic E-state index is 4.62. The van der Waals surface area contributed by atoms with Crippen LogP contribution in [0.5, 0.6) is 0 Å². The fraction of sp³-hybridized carbons (Fsp3) is 0.167. The Morgan fingerprint density at radius 3 is 1.27 bits per heavy atom. The predicted octanol–water partition coefficient (Wildman–Crippen LogP) is 9.49. The Labute approximate surface area is 265 Å². The van der Waals surface area contributed by atoms with Crippen molar-refractivity contribution in [2.45, 2.75) is 41.5 Å². The van der Waals surface area contributed by atoms with Crippen molar-refractivity contribution in [1.82, 2.24) is 30.0 Å². The highest BCUT2D eigenvalue weighted by Gasteiger charge is 2.18. The van der Waals surface area contributed by atoms with E-state index in [0.717, 1.165) is 67.3 Å². The third-order valence-electron chi connectivity index (χ3n) is 8.16. The van der Waals surface area contributed by atoms with Gasteiger partial charge >= 0.3 is 0 Å². The van der Waals surface area contributed by atoms with Gasteiger partial charge in [-0.25, -0.2) is 9.36 Å². The van der Waals surface area contributed by atoms with Crippen LogP contribution < -0.4 is 0 Å². The lowest BCUT2D eigenvalue weighted by Gasteiger charge is -2.12. The standard InChI is InChI=1S/C36H32N6S2/c1-21-13-22(2)30(32-20-42(40-38-32)36-25(5)16-28(17-26(36)6)34-10-8-12-44-34)18-29(21)31-19-41(39-37-31)35-23(3)14-27(15-24(35)4)33-9-7-11-43-33/h7-20H,1-6H3. The molecule has 4 heterocycles. The summed E-state index contributed by atoms with van der Waals surface area (Å²) in [5.74, 6) is 0. The third kappa shape index (κ3) is 5.00. The van der Waals surface area contributed by atoms with Crippen LogP contribution in [-0.2, 0) is 0 Å². The molecule has 0 spiro atoms. The molecular formula is C36H32N6S2. The largest absolute Gasteiger partial charge is 0.220 e. The molecule has 0 saturated carbocycles. The second-order valence-corrected chi connectivity index (χ2v) is 13.3. The first kappa shape index (κ1) is 28.1.